The lowest BCUT2D eigenvalue weighted by atomic mass is 10.4. The van der Waals surface area contributed by atoms with Crippen LogP contribution in [0.2, 0.25) is 0 Å². The molecule has 1 aromatic heterocycles. The lowest BCUT2D eigenvalue weighted by Gasteiger charge is -2.10. The Kier molecular flexibility index (Phi) is 3.18. The maximum atomic E-state index is 11.7. The second-order valence-electron chi connectivity index (χ2n) is 4.13. The van der Waals surface area contributed by atoms with E-state index in [0.29, 0.717) is 6.04 Å². The molecule has 1 aliphatic rings. The van der Waals surface area contributed by atoms with Gasteiger partial charge in [-0.15, -0.1) is 10.2 Å². The van der Waals surface area contributed by atoms with Gasteiger partial charge in [0.15, 0.2) is 5.16 Å². The monoisotopic (exact) mass is 240 g/mol. The number of amides is 1. The molecule has 0 bridgehead atoms. The Morgan fingerprint density at radius 3 is 2.75 bits per heavy atom. The summed E-state index contributed by atoms with van der Waals surface area (Å²) in [6.45, 7) is 3.79. The Morgan fingerprint density at radius 1 is 1.56 bits per heavy atom. The normalized spacial score (nSPS) is 17.2. The van der Waals surface area contributed by atoms with E-state index in [9.17, 15) is 4.79 Å². The molecule has 0 saturated heterocycles. The smallest absolute Gasteiger partial charge is 0.233 e. The van der Waals surface area contributed by atoms with Crippen LogP contribution in [0.25, 0.3) is 0 Å². The summed E-state index contributed by atoms with van der Waals surface area (Å²) in [5, 5.41) is 11.6. The van der Waals surface area contributed by atoms with E-state index >= 15 is 0 Å². The number of hydrogen-bond acceptors (Lipinski definition) is 4. The van der Waals surface area contributed by atoms with Crippen molar-refractivity contribution in [1.29, 1.82) is 0 Å². The van der Waals surface area contributed by atoms with Crippen LogP contribution in [-0.2, 0) is 11.8 Å². The number of thioether (sulfide) groups is 1. The number of aromatic nitrogens is 3. The van der Waals surface area contributed by atoms with Gasteiger partial charge < -0.3 is 9.88 Å². The third kappa shape index (κ3) is 2.55. The van der Waals surface area contributed by atoms with E-state index in [1.54, 1.807) is 0 Å². The zero-order valence-electron chi connectivity index (χ0n) is 9.73. The molecule has 1 fully saturated rings. The second kappa shape index (κ2) is 4.45. The summed E-state index contributed by atoms with van der Waals surface area (Å²) in [5.41, 5.74) is 0. The molecule has 0 radical (unpaired) electrons. The highest BCUT2D eigenvalue weighted by molar-refractivity contribution is 8.00. The average molecular weight is 240 g/mol. The van der Waals surface area contributed by atoms with Gasteiger partial charge in [0.25, 0.3) is 0 Å². The van der Waals surface area contributed by atoms with Crippen LogP contribution in [0.5, 0.6) is 0 Å². The minimum Gasteiger partial charge on any atom is -0.352 e. The van der Waals surface area contributed by atoms with Crippen LogP contribution in [0.15, 0.2) is 5.16 Å². The van der Waals surface area contributed by atoms with E-state index in [0.717, 1.165) is 23.8 Å². The first-order chi connectivity index (χ1) is 7.58. The Balaban J connectivity index is 1.92. The first-order valence-electron chi connectivity index (χ1n) is 5.41. The molecule has 1 atom stereocenters. The Labute approximate surface area is 99.0 Å². The SMILES string of the molecule is Cc1nnc(S[C@@H](C)C(=O)NC2CC2)n1C. The van der Waals surface area contributed by atoms with Gasteiger partial charge in [0.1, 0.15) is 5.82 Å². The van der Waals surface area contributed by atoms with Gasteiger partial charge >= 0.3 is 0 Å². The molecule has 0 unspecified atom stereocenters. The predicted octanol–water partition coefficient (Wildman–Crippen LogP) is 0.883. The molecule has 6 heteroatoms. The fourth-order valence-corrected chi connectivity index (χ4v) is 2.12. The van der Waals surface area contributed by atoms with Crippen LogP contribution in [0, 0.1) is 6.92 Å². The van der Waals surface area contributed by atoms with Crippen molar-refractivity contribution in [3.63, 3.8) is 0 Å². The molecule has 1 amide bonds. The van der Waals surface area contributed by atoms with Crippen LogP contribution in [0.1, 0.15) is 25.6 Å². The molecule has 1 N–H and O–H groups in total. The molecule has 1 saturated carbocycles. The number of hydrogen-bond donors (Lipinski definition) is 1. The molecule has 2 rings (SSSR count). The van der Waals surface area contributed by atoms with Gasteiger partial charge in [-0.3, -0.25) is 4.79 Å². The highest BCUT2D eigenvalue weighted by Gasteiger charge is 2.26. The van der Waals surface area contributed by atoms with Gasteiger partial charge in [0.05, 0.1) is 5.25 Å². The Bertz CT molecular complexity index is 400. The topological polar surface area (TPSA) is 59.8 Å². The standard InChI is InChI=1S/C10H16N4OS/c1-6(9(15)11-8-4-5-8)16-10-13-12-7(2)14(10)3/h6,8H,4-5H2,1-3H3,(H,11,15)/t6-/m0/s1. The van der Waals surface area contributed by atoms with E-state index in [1.807, 2.05) is 25.5 Å². The van der Waals surface area contributed by atoms with E-state index in [-0.39, 0.29) is 11.2 Å². The maximum absolute atomic E-state index is 11.7. The fraction of sp³-hybridized carbons (Fsp3) is 0.700. The lowest BCUT2D eigenvalue weighted by Crippen LogP contribution is -2.32. The molecule has 0 aliphatic heterocycles. The van der Waals surface area contributed by atoms with E-state index < -0.39 is 0 Å². The van der Waals surface area contributed by atoms with E-state index in [2.05, 4.69) is 15.5 Å². The van der Waals surface area contributed by atoms with Crippen molar-refractivity contribution in [3.8, 4) is 0 Å². The van der Waals surface area contributed by atoms with Crippen LogP contribution in [0.4, 0.5) is 0 Å². The lowest BCUT2D eigenvalue weighted by molar-refractivity contribution is -0.120. The summed E-state index contributed by atoms with van der Waals surface area (Å²) in [5.74, 6) is 0.949. The highest BCUT2D eigenvalue weighted by Crippen LogP contribution is 2.23. The molecule has 88 valence electrons. The van der Waals surface area contributed by atoms with Crippen molar-refractivity contribution >= 4 is 17.7 Å². The number of rotatable bonds is 4. The number of nitrogens with one attached hydrogen (secondary N) is 1. The number of carbonyl (C=O) groups excluding carboxylic acids is 1. The van der Waals surface area contributed by atoms with Crippen molar-refractivity contribution in [3.05, 3.63) is 5.82 Å². The average Bonchev–Trinajstić information content (AvgIpc) is 3.00. The van der Waals surface area contributed by atoms with Gasteiger partial charge in [0.2, 0.25) is 5.91 Å². The third-order valence-electron chi connectivity index (χ3n) is 2.63. The summed E-state index contributed by atoms with van der Waals surface area (Å²) < 4.78 is 1.89. The maximum Gasteiger partial charge on any atom is 0.233 e. The summed E-state index contributed by atoms with van der Waals surface area (Å²) in [4.78, 5) is 11.7. The predicted molar refractivity (Wildman–Crippen MR) is 62.2 cm³/mol. The minimum atomic E-state index is -0.122. The molecule has 5 nitrogen and oxygen atoms in total. The minimum absolute atomic E-state index is 0.0909. The summed E-state index contributed by atoms with van der Waals surface area (Å²) >= 11 is 1.45. The van der Waals surface area contributed by atoms with E-state index in [4.69, 9.17) is 0 Å². The molecule has 0 aromatic carbocycles. The molecule has 0 spiro atoms. The molecule has 1 aromatic rings. The summed E-state index contributed by atoms with van der Waals surface area (Å²) in [6.07, 6.45) is 2.23. The van der Waals surface area contributed by atoms with Gasteiger partial charge in [0, 0.05) is 13.1 Å². The van der Waals surface area contributed by atoms with Gasteiger partial charge in [-0.1, -0.05) is 11.8 Å². The zero-order chi connectivity index (χ0) is 11.7. The van der Waals surface area contributed by atoms with Crippen LogP contribution in [-0.4, -0.2) is 32.0 Å². The molecular weight excluding hydrogens is 224 g/mol. The van der Waals surface area contributed by atoms with Crippen molar-refractivity contribution in [2.24, 2.45) is 7.05 Å². The van der Waals surface area contributed by atoms with Crippen LogP contribution < -0.4 is 5.32 Å². The third-order valence-corrected chi connectivity index (χ3v) is 3.76. The van der Waals surface area contributed by atoms with Crippen molar-refractivity contribution < 1.29 is 4.79 Å². The van der Waals surface area contributed by atoms with Crippen molar-refractivity contribution in [2.75, 3.05) is 0 Å². The Hall–Kier alpha value is -1.04. The second-order valence-corrected chi connectivity index (χ2v) is 5.44. The Morgan fingerprint density at radius 2 is 2.25 bits per heavy atom. The highest BCUT2D eigenvalue weighted by atomic mass is 32.2. The first kappa shape index (κ1) is 11.4. The first-order valence-corrected chi connectivity index (χ1v) is 6.29. The molecular formula is C10H16N4OS. The van der Waals surface area contributed by atoms with Crippen LogP contribution in [0.3, 0.4) is 0 Å². The van der Waals surface area contributed by atoms with Gasteiger partial charge in [-0.2, -0.15) is 0 Å². The quantitative estimate of drug-likeness (QED) is 0.794. The van der Waals surface area contributed by atoms with Crippen molar-refractivity contribution in [1.82, 2.24) is 20.1 Å². The molecule has 16 heavy (non-hydrogen) atoms. The number of nitrogens with zero attached hydrogens (tertiary/aromatic N) is 3. The number of aryl methyl sites for hydroxylation is 1. The fourth-order valence-electron chi connectivity index (χ4n) is 1.25. The zero-order valence-corrected chi connectivity index (χ0v) is 10.5. The van der Waals surface area contributed by atoms with Crippen LogP contribution >= 0.6 is 11.8 Å². The van der Waals surface area contributed by atoms with Crippen molar-refractivity contribution in [2.45, 2.75) is 43.1 Å². The largest absolute Gasteiger partial charge is 0.352 e. The molecule has 1 aliphatic carbocycles. The summed E-state index contributed by atoms with van der Waals surface area (Å²) in [7, 11) is 1.91. The van der Waals surface area contributed by atoms with E-state index in [1.165, 1.54) is 11.8 Å². The number of carbonyl (C=O) groups is 1. The van der Waals surface area contributed by atoms with Gasteiger partial charge in [-0.25, -0.2) is 0 Å². The molecule has 1 heterocycles. The summed E-state index contributed by atoms with van der Waals surface area (Å²) in [6, 6.07) is 0.414. The van der Waals surface area contributed by atoms with Gasteiger partial charge in [-0.05, 0) is 26.7 Å².